The van der Waals surface area contributed by atoms with Crippen LogP contribution in [0.3, 0.4) is 0 Å². The number of hydrogen-bond acceptors (Lipinski definition) is 5. The van der Waals surface area contributed by atoms with Crippen LogP contribution in [0.25, 0.3) is 0 Å². The van der Waals surface area contributed by atoms with Crippen molar-refractivity contribution in [3.8, 4) is 17.2 Å². The fraction of sp³-hybridized carbons (Fsp3) is 0.625. The normalized spacial score (nSPS) is 19.3. The van der Waals surface area contributed by atoms with E-state index in [0.29, 0.717) is 43.4 Å². The first-order valence-electron chi connectivity index (χ1n) is 7.92. The van der Waals surface area contributed by atoms with Crippen LogP contribution in [0.4, 0.5) is 13.2 Å². The van der Waals surface area contributed by atoms with Crippen LogP contribution in [0.15, 0.2) is 12.1 Å². The SMILES string of the molecule is COc1cc(CN2CCCN(CC(F)(F)F)CC2)cc2c1OCO2. The summed E-state index contributed by atoms with van der Waals surface area (Å²) in [7, 11) is 1.57. The zero-order valence-electron chi connectivity index (χ0n) is 13.6. The van der Waals surface area contributed by atoms with E-state index < -0.39 is 12.7 Å². The highest BCUT2D eigenvalue weighted by atomic mass is 19.4. The summed E-state index contributed by atoms with van der Waals surface area (Å²) in [4.78, 5) is 3.63. The molecule has 1 fully saturated rings. The van der Waals surface area contributed by atoms with Crippen LogP contribution in [0.2, 0.25) is 0 Å². The second kappa shape index (κ2) is 7.06. The Morgan fingerprint density at radius 3 is 2.58 bits per heavy atom. The van der Waals surface area contributed by atoms with E-state index in [0.717, 1.165) is 18.5 Å². The maximum Gasteiger partial charge on any atom is 0.401 e. The Balaban J connectivity index is 1.62. The molecule has 0 radical (unpaired) electrons. The summed E-state index contributed by atoms with van der Waals surface area (Å²) in [5.41, 5.74) is 1.00. The number of rotatable bonds is 4. The third-order valence-corrected chi connectivity index (χ3v) is 4.21. The number of hydrogen-bond donors (Lipinski definition) is 0. The first-order chi connectivity index (χ1) is 11.4. The molecule has 1 saturated heterocycles. The predicted octanol–water partition coefficient (Wildman–Crippen LogP) is 2.49. The van der Waals surface area contributed by atoms with Gasteiger partial charge in [-0.05, 0) is 37.2 Å². The molecule has 24 heavy (non-hydrogen) atoms. The molecule has 0 atom stereocenters. The minimum atomic E-state index is -4.14. The Morgan fingerprint density at radius 1 is 1.08 bits per heavy atom. The van der Waals surface area contributed by atoms with Crippen LogP contribution in [-0.4, -0.2) is 62.6 Å². The highest BCUT2D eigenvalue weighted by molar-refractivity contribution is 5.55. The number of ether oxygens (including phenoxy) is 3. The van der Waals surface area contributed by atoms with E-state index in [-0.39, 0.29) is 6.79 Å². The van der Waals surface area contributed by atoms with Crippen LogP contribution < -0.4 is 14.2 Å². The fourth-order valence-electron chi connectivity index (χ4n) is 3.13. The van der Waals surface area contributed by atoms with Crippen LogP contribution in [0, 0.1) is 0 Å². The monoisotopic (exact) mass is 346 g/mol. The zero-order chi connectivity index (χ0) is 17.2. The Morgan fingerprint density at radius 2 is 1.83 bits per heavy atom. The Labute approximate surface area is 138 Å². The van der Waals surface area contributed by atoms with Crippen molar-refractivity contribution >= 4 is 0 Å². The maximum atomic E-state index is 12.5. The molecule has 2 aliphatic rings. The van der Waals surface area contributed by atoms with Gasteiger partial charge in [-0.2, -0.15) is 13.2 Å². The summed E-state index contributed by atoms with van der Waals surface area (Å²) in [6.45, 7) is 2.25. The van der Waals surface area contributed by atoms with Crippen molar-refractivity contribution in [3.63, 3.8) is 0 Å². The van der Waals surface area contributed by atoms with Crippen molar-refractivity contribution in [2.75, 3.05) is 46.6 Å². The lowest BCUT2D eigenvalue weighted by Gasteiger charge is -2.23. The average Bonchev–Trinajstić information content (AvgIpc) is 2.88. The van der Waals surface area contributed by atoms with Gasteiger partial charge in [0.05, 0.1) is 13.7 Å². The van der Waals surface area contributed by atoms with E-state index in [9.17, 15) is 13.2 Å². The molecule has 0 N–H and O–H groups in total. The lowest BCUT2D eigenvalue weighted by Crippen LogP contribution is -2.37. The minimum absolute atomic E-state index is 0.172. The molecule has 0 spiro atoms. The largest absolute Gasteiger partial charge is 0.493 e. The number of halogens is 3. The maximum absolute atomic E-state index is 12.5. The molecule has 0 aliphatic carbocycles. The lowest BCUT2D eigenvalue weighted by molar-refractivity contribution is -0.145. The molecule has 134 valence electrons. The number of methoxy groups -OCH3 is 1. The predicted molar refractivity (Wildman–Crippen MR) is 81.5 cm³/mol. The smallest absolute Gasteiger partial charge is 0.401 e. The van der Waals surface area contributed by atoms with Crippen molar-refractivity contribution in [1.29, 1.82) is 0 Å². The third-order valence-electron chi connectivity index (χ3n) is 4.21. The average molecular weight is 346 g/mol. The van der Waals surface area contributed by atoms with Gasteiger partial charge in [-0.15, -0.1) is 0 Å². The molecule has 2 heterocycles. The van der Waals surface area contributed by atoms with Crippen LogP contribution in [0.5, 0.6) is 17.2 Å². The molecule has 1 aromatic carbocycles. The molecule has 0 bridgehead atoms. The van der Waals surface area contributed by atoms with Gasteiger partial charge in [-0.25, -0.2) is 0 Å². The molecule has 3 rings (SSSR count). The number of fused-ring (bicyclic) bond motifs is 1. The summed E-state index contributed by atoms with van der Waals surface area (Å²) in [6.07, 6.45) is -3.42. The third kappa shape index (κ3) is 4.24. The fourth-order valence-corrected chi connectivity index (χ4v) is 3.13. The van der Waals surface area contributed by atoms with Crippen molar-refractivity contribution in [2.24, 2.45) is 0 Å². The summed E-state index contributed by atoms with van der Waals surface area (Å²) in [5.74, 6) is 1.87. The highest BCUT2D eigenvalue weighted by Gasteiger charge is 2.31. The summed E-state index contributed by atoms with van der Waals surface area (Å²) in [6, 6.07) is 3.80. The van der Waals surface area contributed by atoms with Gasteiger partial charge in [0.25, 0.3) is 0 Å². The molecule has 0 saturated carbocycles. The molecular formula is C16H21F3N2O3. The number of nitrogens with zero attached hydrogens (tertiary/aromatic N) is 2. The second-order valence-corrected chi connectivity index (χ2v) is 6.05. The van der Waals surface area contributed by atoms with E-state index in [2.05, 4.69) is 4.90 Å². The number of alkyl halides is 3. The highest BCUT2D eigenvalue weighted by Crippen LogP contribution is 2.42. The molecule has 5 nitrogen and oxygen atoms in total. The van der Waals surface area contributed by atoms with E-state index in [1.165, 1.54) is 4.90 Å². The van der Waals surface area contributed by atoms with Gasteiger partial charge in [0.1, 0.15) is 0 Å². The Bertz CT molecular complexity index is 580. The topological polar surface area (TPSA) is 34.2 Å². The molecule has 0 unspecified atom stereocenters. The summed E-state index contributed by atoms with van der Waals surface area (Å²) >= 11 is 0. The van der Waals surface area contributed by atoms with E-state index in [1.54, 1.807) is 7.11 Å². The molecule has 1 aromatic rings. The van der Waals surface area contributed by atoms with Gasteiger partial charge in [0.15, 0.2) is 11.5 Å². The Hall–Kier alpha value is -1.67. The second-order valence-electron chi connectivity index (χ2n) is 6.05. The van der Waals surface area contributed by atoms with Crippen LogP contribution in [0.1, 0.15) is 12.0 Å². The molecule has 0 amide bonds. The molecule has 8 heteroatoms. The van der Waals surface area contributed by atoms with Gasteiger partial charge < -0.3 is 14.2 Å². The van der Waals surface area contributed by atoms with E-state index >= 15 is 0 Å². The van der Waals surface area contributed by atoms with E-state index in [4.69, 9.17) is 14.2 Å². The Kier molecular flexibility index (Phi) is 5.05. The zero-order valence-corrected chi connectivity index (χ0v) is 13.6. The summed E-state index contributed by atoms with van der Waals surface area (Å²) < 4.78 is 53.7. The number of benzene rings is 1. The first kappa shape index (κ1) is 17.2. The van der Waals surface area contributed by atoms with Crippen molar-refractivity contribution in [2.45, 2.75) is 19.1 Å². The van der Waals surface area contributed by atoms with Gasteiger partial charge in [0, 0.05) is 19.6 Å². The standard InChI is InChI=1S/C16H21F3N2O3/c1-22-13-7-12(8-14-15(13)24-11-23-14)9-20-3-2-4-21(6-5-20)10-16(17,18)19/h7-8H,2-6,9-11H2,1H3. The van der Waals surface area contributed by atoms with E-state index in [1.807, 2.05) is 12.1 Å². The molecule has 0 aromatic heterocycles. The van der Waals surface area contributed by atoms with Gasteiger partial charge in [0.2, 0.25) is 12.5 Å². The lowest BCUT2D eigenvalue weighted by atomic mass is 10.1. The van der Waals surface area contributed by atoms with Crippen molar-refractivity contribution in [1.82, 2.24) is 9.80 Å². The molecular weight excluding hydrogens is 325 g/mol. The van der Waals surface area contributed by atoms with Gasteiger partial charge in [-0.3, -0.25) is 9.80 Å². The van der Waals surface area contributed by atoms with Gasteiger partial charge in [-0.1, -0.05) is 0 Å². The van der Waals surface area contributed by atoms with Crippen molar-refractivity contribution < 1.29 is 27.4 Å². The van der Waals surface area contributed by atoms with Gasteiger partial charge >= 0.3 is 6.18 Å². The molecule has 2 aliphatic heterocycles. The summed E-state index contributed by atoms with van der Waals surface area (Å²) in [5, 5.41) is 0. The van der Waals surface area contributed by atoms with Crippen molar-refractivity contribution in [3.05, 3.63) is 17.7 Å². The van der Waals surface area contributed by atoms with Crippen LogP contribution >= 0.6 is 0 Å². The quantitative estimate of drug-likeness (QED) is 0.837. The minimum Gasteiger partial charge on any atom is -0.493 e. The van der Waals surface area contributed by atoms with Crippen LogP contribution in [-0.2, 0) is 6.54 Å². The first-order valence-corrected chi connectivity index (χ1v) is 7.92.